The quantitative estimate of drug-likeness (QED) is 0.570. The Morgan fingerprint density at radius 2 is 1.72 bits per heavy atom. The van der Waals surface area contributed by atoms with Crippen LogP contribution >= 0.6 is 0 Å². The van der Waals surface area contributed by atoms with Crippen LogP contribution in [0.15, 0.2) is 43.0 Å². The van der Waals surface area contributed by atoms with Crippen molar-refractivity contribution in [2.45, 2.75) is 37.9 Å². The first kappa shape index (κ1) is 21.8. The Morgan fingerprint density at radius 1 is 1.06 bits per heavy atom. The average molecular weight is 452 g/mol. The number of rotatable bonds is 6. The van der Waals surface area contributed by atoms with Crippen molar-refractivity contribution in [2.24, 2.45) is 5.92 Å². The van der Waals surface area contributed by atoms with Gasteiger partial charge in [-0.25, -0.2) is 23.7 Å². The van der Waals surface area contributed by atoms with Crippen LogP contribution in [-0.2, 0) is 12.1 Å². The largest absolute Gasteiger partial charge is 0.416 e. The third-order valence-electron chi connectivity index (χ3n) is 5.00. The standard InChI is InChI=1S/C20H17F5N6O/c1-11(16-28-10-31(30-16)18-26-5-2-6-27-18)29-17(32)12-7-14(19(21,22)13-3-4-13)9-15(8-12)20(23,24)25/h2,5-11,13H,3-4H2,1H3,(H,29,32). The molecule has 168 valence electrons. The normalized spacial score (nSPS) is 15.4. The number of carbonyl (C=O) groups is 1. The second-order valence-corrected chi connectivity index (χ2v) is 7.49. The summed E-state index contributed by atoms with van der Waals surface area (Å²) in [6.07, 6.45) is -0.129. The van der Waals surface area contributed by atoms with Crippen molar-refractivity contribution in [3.8, 4) is 5.95 Å². The first-order valence-corrected chi connectivity index (χ1v) is 9.66. The van der Waals surface area contributed by atoms with Crippen molar-refractivity contribution < 1.29 is 26.7 Å². The predicted molar refractivity (Wildman–Crippen MR) is 101 cm³/mol. The highest BCUT2D eigenvalue weighted by molar-refractivity contribution is 5.94. The molecule has 0 aliphatic heterocycles. The minimum Gasteiger partial charge on any atom is -0.342 e. The monoisotopic (exact) mass is 452 g/mol. The van der Waals surface area contributed by atoms with Gasteiger partial charge in [-0.1, -0.05) is 0 Å². The Kier molecular flexibility index (Phi) is 5.39. The molecule has 1 N–H and O–H groups in total. The number of alkyl halides is 5. The number of aromatic nitrogens is 5. The molecule has 7 nitrogen and oxygen atoms in total. The summed E-state index contributed by atoms with van der Waals surface area (Å²) in [6.45, 7) is 1.51. The van der Waals surface area contributed by atoms with Gasteiger partial charge in [-0.15, -0.1) is 5.10 Å². The summed E-state index contributed by atoms with van der Waals surface area (Å²) in [5.74, 6) is -5.05. The lowest BCUT2D eigenvalue weighted by atomic mass is 9.97. The summed E-state index contributed by atoms with van der Waals surface area (Å²) in [7, 11) is 0. The summed E-state index contributed by atoms with van der Waals surface area (Å²) in [6, 6.07) is 2.55. The van der Waals surface area contributed by atoms with Crippen LogP contribution < -0.4 is 5.32 Å². The van der Waals surface area contributed by atoms with Crippen molar-refractivity contribution in [3.05, 3.63) is 65.5 Å². The molecule has 0 spiro atoms. The minimum absolute atomic E-state index is 0.140. The number of nitrogens with one attached hydrogen (secondary N) is 1. The molecule has 0 bridgehead atoms. The summed E-state index contributed by atoms with van der Waals surface area (Å²) in [5.41, 5.74) is -2.65. The first-order chi connectivity index (χ1) is 15.1. The van der Waals surface area contributed by atoms with E-state index >= 15 is 0 Å². The van der Waals surface area contributed by atoms with Crippen molar-refractivity contribution in [3.63, 3.8) is 0 Å². The second kappa shape index (κ2) is 7.92. The molecule has 3 aromatic rings. The zero-order valence-electron chi connectivity index (χ0n) is 16.6. The van der Waals surface area contributed by atoms with Gasteiger partial charge in [-0.3, -0.25) is 4.79 Å². The molecule has 32 heavy (non-hydrogen) atoms. The van der Waals surface area contributed by atoms with Gasteiger partial charge in [-0.05, 0) is 44.0 Å². The zero-order valence-corrected chi connectivity index (χ0v) is 16.6. The highest BCUT2D eigenvalue weighted by Gasteiger charge is 2.49. The van der Waals surface area contributed by atoms with E-state index in [-0.39, 0.29) is 24.6 Å². The summed E-state index contributed by atoms with van der Waals surface area (Å²) in [5, 5.41) is 6.59. The van der Waals surface area contributed by atoms with E-state index in [1.165, 1.54) is 30.3 Å². The maximum atomic E-state index is 14.5. The molecule has 2 heterocycles. The van der Waals surface area contributed by atoms with Gasteiger partial charge in [0.1, 0.15) is 6.33 Å². The van der Waals surface area contributed by atoms with Crippen molar-refractivity contribution >= 4 is 5.91 Å². The fourth-order valence-corrected chi connectivity index (χ4v) is 3.12. The Labute approximate surface area is 178 Å². The molecule has 0 saturated heterocycles. The molecule has 1 saturated carbocycles. The predicted octanol–water partition coefficient (Wildman–Crippen LogP) is 4.07. The molecule has 2 aromatic heterocycles. The van der Waals surface area contributed by atoms with Gasteiger partial charge in [0.05, 0.1) is 11.6 Å². The maximum absolute atomic E-state index is 14.5. The van der Waals surface area contributed by atoms with E-state index in [9.17, 15) is 26.7 Å². The number of carbonyl (C=O) groups excluding carboxylic acids is 1. The second-order valence-electron chi connectivity index (χ2n) is 7.49. The zero-order chi connectivity index (χ0) is 23.1. The van der Waals surface area contributed by atoms with Gasteiger partial charge < -0.3 is 5.32 Å². The van der Waals surface area contributed by atoms with Crippen LogP contribution in [0.3, 0.4) is 0 Å². The van der Waals surface area contributed by atoms with Gasteiger partial charge in [0.25, 0.3) is 17.8 Å². The van der Waals surface area contributed by atoms with E-state index in [0.29, 0.717) is 12.1 Å². The van der Waals surface area contributed by atoms with Crippen LogP contribution in [0, 0.1) is 5.92 Å². The number of halogens is 5. The number of nitrogens with zero attached hydrogens (tertiary/aromatic N) is 5. The smallest absolute Gasteiger partial charge is 0.342 e. The Hall–Kier alpha value is -3.44. The van der Waals surface area contributed by atoms with Crippen LogP contribution in [0.2, 0.25) is 0 Å². The topological polar surface area (TPSA) is 85.6 Å². The molecule has 1 atom stereocenters. The molecule has 1 aliphatic carbocycles. The highest BCUT2D eigenvalue weighted by atomic mass is 19.4. The van der Waals surface area contributed by atoms with Crippen molar-refractivity contribution in [1.82, 2.24) is 30.0 Å². The summed E-state index contributed by atoms with van der Waals surface area (Å²) in [4.78, 5) is 24.7. The van der Waals surface area contributed by atoms with E-state index in [1.807, 2.05) is 0 Å². The molecular weight excluding hydrogens is 435 g/mol. The molecule has 12 heteroatoms. The molecule has 1 aliphatic rings. The first-order valence-electron chi connectivity index (χ1n) is 9.66. The third kappa shape index (κ3) is 4.43. The molecule has 0 radical (unpaired) electrons. The Balaban J connectivity index is 1.58. The summed E-state index contributed by atoms with van der Waals surface area (Å²) >= 11 is 0. The molecule has 1 amide bonds. The molecular formula is C20H17F5N6O. The third-order valence-corrected chi connectivity index (χ3v) is 5.00. The fraction of sp³-hybridized carbons (Fsp3) is 0.350. The molecule has 4 rings (SSSR count). The SMILES string of the molecule is CC(NC(=O)c1cc(C(F)(F)F)cc(C(F)(F)C2CC2)c1)c1ncn(-c2ncccn2)n1. The van der Waals surface area contributed by atoms with Crippen LogP contribution in [0.1, 0.15) is 53.1 Å². The van der Waals surface area contributed by atoms with Gasteiger partial charge in [0.15, 0.2) is 5.82 Å². The number of benzene rings is 1. The lowest BCUT2D eigenvalue weighted by Crippen LogP contribution is -2.28. The number of hydrogen-bond donors (Lipinski definition) is 1. The van der Waals surface area contributed by atoms with E-state index in [4.69, 9.17) is 0 Å². The maximum Gasteiger partial charge on any atom is 0.416 e. The lowest BCUT2D eigenvalue weighted by Gasteiger charge is -2.20. The van der Waals surface area contributed by atoms with E-state index in [2.05, 4.69) is 25.4 Å². The van der Waals surface area contributed by atoms with Gasteiger partial charge >= 0.3 is 6.18 Å². The van der Waals surface area contributed by atoms with Crippen LogP contribution in [0.4, 0.5) is 22.0 Å². The fourth-order valence-electron chi connectivity index (χ4n) is 3.12. The molecule has 1 aromatic carbocycles. The van der Waals surface area contributed by atoms with Crippen molar-refractivity contribution in [2.75, 3.05) is 0 Å². The van der Waals surface area contributed by atoms with Crippen LogP contribution in [0.5, 0.6) is 0 Å². The van der Waals surface area contributed by atoms with Crippen LogP contribution in [0.25, 0.3) is 5.95 Å². The van der Waals surface area contributed by atoms with Crippen LogP contribution in [-0.4, -0.2) is 30.6 Å². The highest BCUT2D eigenvalue weighted by Crippen LogP contribution is 2.50. The van der Waals surface area contributed by atoms with Gasteiger partial charge in [0, 0.05) is 29.4 Å². The Morgan fingerprint density at radius 3 is 2.34 bits per heavy atom. The van der Waals surface area contributed by atoms with Gasteiger partial charge in [0.2, 0.25) is 0 Å². The van der Waals surface area contributed by atoms with Gasteiger partial charge in [-0.2, -0.15) is 17.9 Å². The Bertz CT molecular complexity index is 1130. The summed E-state index contributed by atoms with van der Waals surface area (Å²) < 4.78 is 70.2. The number of hydrogen-bond acceptors (Lipinski definition) is 5. The van der Waals surface area contributed by atoms with E-state index < -0.39 is 46.7 Å². The van der Waals surface area contributed by atoms with E-state index in [0.717, 1.165) is 6.07 Å². The van der Waals surface area contributed by atoms with E-state index in [1.54, 1.807) is 6.07 Å². The minimum atomic E-state index is -4.88. The molecule has 1 fully saturated rings. The number of amides is 1. The average Bonchev–Trinajstić information content (AvgIpc) is 3.51. The lowest BCUT2D eigenvalue weighted by molar-refractivity contribution is -0.137. The molecule has 1 unspecified atom stereocenters. The van der Waals surface area contributed by atoms with Crippen molar-refractivity contribution in [1.29, 1.82) is 0 Å².